The summed E-state index contributed by atoms with van der Waals surface area (Å²) in [7, 11) is 0. The molecule has 24 heavy (non-hydrogen) atoms. The molecule has 1 unspecified atom stereocenters. The molecule has 3 aliphatic rings. The molecule has 0 aromatic heterocycles. The number of hydrogen-bond acceptors (Lipinski definition) is 4. The van der Waals surface area contributed by atoms with E-state index in [0.29, 0.717) is 45.6 Å². The maximum Gasteiger partial charge on any atom is 0.0701 e. The fourth-order valence-corrected chi connectivity index (χ4v) is 2.62. The van der Waals surface area contributed by atoms with Gasteiger partial charge in [-0.1, -0.05) is 24.3 Å². The summed E-state index contributed by atoms with van der Waals surface area (Å²) in [5, 5.41) is 0. The van der Waals surface area contributed by atoms with Crippen molar-refractivity contribution >= 4 is 0 Å². The Morgan fingerprint density at radius 1 is 0.792 bits per heavy atom. The largest absolute Gasteiger partial charge is 0.379 e. The van der Waals surface area contributed by atoms with E-state index >= 15 is 0 Å². The summed E-state index contributed by atoms with van der Waals surface area (Å²) in [6.45, 7) is 9.42. The zero-order valence-corrected chi connectivity index (χ0v) is 14.6. The fourth-order valence-electron chi connectivity index (χ4n) is 2.62. The third kappa shape index (κ3) is 8.09. The first kappa shape index (κ1) is 19.2. The predicted molar refractivity (Wildman–Crippen MR) is 95.1 cm³/mol. The molecule has 0 aromatic rings. The van der Waals surface area contributed by atoms with E-state index in [4.69, 9.17) is 18.9 Å². The van der Waals surface area contributed by atoms with Crippen LogP contribution in [0.5, 0.6) is 0 Å². The van der Waals surface area contributed by atoms with E-state index in [1.807, 2.05) is 0 Å². The quantitative estimate of drug-likeness (QED) is 0.386. The van der Waals surface area contributed by atoms with Gasteiger partial charge in [0.05, 0.1) is 39.6 Å². The van der Waals surface area contributed by atoms with Crippen molar-refractivity contribution in [1.82, 2.24) is 0 Å². The smallest absolute Gasteiger partial charge is 0.0701 e. The van der Waals surface area contributed by atoms with Crippen molar-refractivity contribution in [2.45, 2.75) is 25.7 Å². The van der Waals surface area contributed by atoms with Crippen molar-refractivity contribution < 1.29 is 18.9 Å². The highest BCUT2D eigenvalue weighted by Gasteiger charge is 2.09. The van der Waals surface area contributed by atoms with Gasteiger partial charge in [0.1, 0.15) is 0 Å². The summed E-state index contributed by atoms with van der Waals surface area (Å²) in [5.74, 6) is 0.305. The van der Waals surface area contributed by atoms with Crippen LogP contribution in [0.2, 0.25) is 0 Å². The molecule has 0 aromatic carbocycles. The number of fused-ring (bicyclic) bond motifs is 16. The molecule has 4 nitrogen and oxygen atoms in total. The summed E-state index contributed by atoms with van der Waals surface area (Å²) >= 11 is 0. The molecule has 0 fully saturated rings. The van der Waals surface area contributed by atoms with Crippen LogP contribution in [0.1, 0.15) is 25.7 Å². The zero-order chi connectivity index (χ0) is 16.9. The third-order valence-corrected chi connectivity index (χ3v) is 4.06. The second-order valence-electron chi connectivity index (χ2n) is 6.04. The van der Waals surface area contributed by atoms with Gasteiger partial charge in [-0.15, -0.1) is 5.73 Å². The lowest BCUT2D eigenvalue weighted by Crippen LogP contribution is -2.12. The number of hydrogen-bond donors (Lipinski definition) is 0. The summed E-state index contributed by atoms with van der Waals surface area (Å²) in [6, 6.07) is 0. The van der Waals surface area contributed by atoms with Crippen LogP contribution in [0.4, 0.5) is 0 Å². The minimum absolute atomic E-state index is 0.305. The van der Waals surface area contributed by atoms with Crippen molar-refractivity contribution in [1.29, 1.82) is 0 Å². The standard InChI is InChI=1S/C20H30O4/c1-18-4-2-10-21-12-14-23-16-17-24-15-13-22-11-3-5-19-6-8-20(18)9-7-19/h6,8-9,20H,1-5,10-17H2. The normalized spacial score (nSPS) is 25.9. The first-order chi connectivity index (χ1) is 11.9. The molecule has 4 heteroatoms. The topological polar surface area (TPSA) is 36.9 Å². The summed E-state index contributed by atoms with van der Waals surface area (Å²) < 4.78 is 22.1. The molecule has 0 amide bonds. The van der Waals surface area contributed by atoms with Gasteiger partial charge in [0, 0.05) is 19.1 Å². The van der Waals surface area contributed by atoms with Crippen molar-refractivity contribution in [2.24, 2.45) is 5.92 Å². The molecule has 2 heterocycles. The van der Waals surface area contributed by atoms with Crippen LogP contribution in [0, 0.1) is 5.92 Å². The molecule has 3 rings (SSSR count). The van der Waals surface area contributed by atoms with Crippen molar-refractivity contribution in [3.8, 4) is 0 Å². The van der Waals surface area contributed by atoms with Crippen LogP contribution in [-0.4, -0.2) is 52.9 Å². The average Bonchev–Trinajstić information content (AvgIpc) is 2.61. The van der Waals surface area contributed by atoms with Crippen molar-refractivity contribution in [2.75, 3.05) is 52.9 Å². The first-order valence-corrected chi connectivity index (χ1v) is 8.99. The lowest BCUT2D eigenvalue weighted by atomic mass is 9.92. The molecule has 0 N–H and O–H groups in total. The minimum Gasteiger partial charge on any atom is -0.379 e. The van der Waals surface area contributed by atoms with E-state index in [0.717, 1.165) is 38.9 Å². The van der Waals surface area contributed by atoms with Crippen LogP contribution in [-0.2, 0) is 18.9 Å². The van der Waals surface area contributed by atoms with Gasteiger partial charge in [-0.05, 0) is 37.3 Å². The second kappa shape index (κ2) is 12.2. The Kier molecular flexibility index (Phi) is 9.77. The third-order valence-electron chi connectivity index (χ3n) is 4.06. The van der Waals surface area contributed by atoms with Gasteiger partial charge < -0.3 is 18.9 Å². The molecule has 2 aliphatic heterocycles. The molecule has 134 valence electrons. The van der Waals surface area contributed by atoms with E-state index in [9.17, 15) is 0 Å². The molecular formula is C20H30O4. The highest BCUT2D eigenvalue weighted by atomic mass is 16.6. The molecular weight excluding hydrogens is 304 g/mol. The van der Waals surface area contributed by atoms with E-state index in [1.165, 1.54) is 11.1 Å². The van der Waals surface area contributed by atoms with Crippen molar-refractivity contribution in [3.05, 3.63) is 41.7 Å². The number of rotatable bonds is 0. The van der Waals surface area contributed by atoms with Gasteiger partial charge in [-0.2, -0.15) is 0 Å². The number of allylic oxidation sites excluding steroid dienone is 4. The maximum atomic E-state index is 5.58. The Morgan fingerprint density at radius 3 is 1.88 bits per heavy atom. The molecule has 0 saturated carbocycles. The average molecular weight is 334 g/mol. The van der Waals surface area contributed by atoms with Gasteiger partial charge in [0.25, 0.3) is 0 Å². The van der Waals surface area contributed by atoms with Gasteiger partial charge in [0.2, 0.25) is 0 Å². The molecule has 0 saturated heterocycles. The van der Waals surface area contributed by atoms with Crippen LogP contribution in [0.25, 0.3) is 0 Å². The minimum atomic E-state index is 0.305. The van der Waals surface area contributed by atoms with Crippen LogP contribution >= 0.6 is 0 Å². The van der Waals surface area contributed by atoms with E-state index in [-0.39, 0.29) is 0 Å². The first-order valence-electron chi connectivity index (χ1n) is 8.99. The predicted octanol–water partition coefficient (Wildman–Crippen LogP) is 3.45. The second-order valence-corrected chi connectivity index (χ2v) is 6.04. The van der Waals surface area contributed by atoms with Crippen LogP contribution in [0.3, 0.4) is 0 Å². The Hall–Kier alpha value is -1.16. The molecule has 1 atom stereocenters. The summed E-state index contributed by atoms with van der Waals surface area (Å²) in [6.07, 6.45) is 10.5. The lowest BCUT2D eigenvalue weighted by molar-refractivity contribution is -0.00215. The fraction of sp³-hybridized carbons (Fsp3) is 0.650. The Bertz CT molecular complexity index is 460. The van der Waals surface area contributed by atoms with Gasteiger partial charge >= 0.3 is 0 Å². The summed E-state index contributed by atoms with van der Waals surface area (Å²) in [4.78, 5) is 0. The Labute approximate surface area is 145 Å². The lowest BCUT2D eigenvalue weighted by Gasteiger charge is -2.14. The van der Waals surface area contributed by atoms with Crippen LogP contribution < -0.4 is 0 Å². The Morgan fingerprint density at radius 2 is 1.33 bits per heavy atom. The zero-order valence-electron chi connectivity index (χ0n) is 14.6. The van der Waals surface area contributed by atoms with Gasteiger partial charge in [0.15, 0.2) is 0 Å². The van der Waals surface area contributed by atoms with E-state index < -0.39 is 0 Å². The van der Waals surface area contributed by atoms with E-state index in [2.05, 4.69) is 30.5 Å². The maximum absolute atomic E-state index is 5.58. The van der Waals surface area contributed by atoms with Gasteiger partial charge in [-0.3, -0.25) is 0 Å². The highest BCUT2D eigenvalue weighted by molar-refractivity contribution is 5.30. The highest BCUT2D eigenvalue weighted by Crippen LogP contribution is 2.22. The molecule has 2 bridgehead atoms. The molecule has 0 spiro atoms. The molecule has 0 radical (unpaired) electrons. The SMILES string of the molecule is C=C1CCCOCCOCCOCCOCCCC2=C=CC1C=C2. The van der Waals surface area contributed by atoms with Crippen molar-refractivity contribution in [3.63, 3.8) is 0 Å². The monoisotopic (exact) mass is 334 g/mol. The Balaban J connectivity index is 1.77. The summed E-state index contributed by atoms with van der Waals surface area (Å²) in [5.41, 5.74) is 5.86. The number of ether oxygens (including phenoxy) is 4. The van der Waals surface area contributed by atoms with Crippen LogP contribution in [0.15, 0.2) is 41.7 Å². The van der Waals surface area contributed by atoms with E-state index in [1.54, 1.807) is 0 Å². The molecule has 1 aliphatic carbocycles. The van der Waals surface area contributed by atoms with Gasteiger partial charge in [-0.25, -0.2) is 0 Å².